The number of hydrogen-bond acceptors (Lipinski definition) is 2. The van der Waals surface area contributed by atoms with Crippen molar-refractivity contribution in [2.24, 2.45) is 0 Å². The smallest absolute Gasteiger partial charge is 0.339 e. The van der Waals surface area contributed by atoms with Crippen molar-refractivity contribution in [1.82, 2.24) is 0 Å². The van der Waals surface area contributed by atoms with Crippen LogP contribution in [0.1, 0.15) is 15.9 Å². The lowest BCUT2D eigenvalue weighted by molar-refractivity contribution is 0.0599. The van der Waals surface area contributed by atoms with Crippen molar-refractivity contribution < 1.29 is 13.9 Å². The van der Waals surface area contributed by atoms with Gasteiger partial charge in [0, 0.05) is 0 Å². The predicted octanol–water partition coefficient (Wildman–Crippen LogP) is 2.57. The van der Waals surface area contributed by atoms with Gasteiger partial charge in [0.25, 0.3) is 0 Å². The average molecular weight is 203 g/mol. The minimum atomic E-state index is -0.623. The van der Waals surface area contributed by atoms with Crippen molar-refractivity contribution in [2.75, 3.05) is 7.11 Å². The summed E-state index contributed by atoms with van der Waals surface area (Å²) >= 11 is 5.60. The minimum absolute atomic E-state index is 0.0872. The van der Waals surface area contributed by atoms with Crippen LogP contribution in [0.3, 0.4) is 0 Å². The van der Waals surface area contributed by atoms with Crippen LogP contribution in [-0.2, 0) is 4.74 Å². The van der Waals surface area contributed by atoms with Crippen LogP contribution in [0.25, 0.3) is 0 Å². The second-order valence-corrected chi connectivity index (χ2v) is 2.92. The first kappa shape index (κ1) is 9.99. The van der Waals surface area contributed by atoms with E-state index in [-0.39, 0.29) is 10.6 Å². The first-order chi connectivity index (χ1) is 6.07. The molecule has 0 heterocycles. The van der Waals surface area contributed by atoms with Gasteiger partial charge >= 0.3 is 5.97 Å². The maximum Gasteiger partial charge on any atom is 0.339 e. The molecule has 0 amide bonds. The summed E-state index contributed by atoms with van der Waals surface area (Å²) in [6.07, 6.45) is 0. The van der Waals surface area contributed by atoms with Crippen LogP contribution in [0.2, 0.25) is 5.02 Å². The van der Waals surface area contributed by atoms with Gasteiger partial charge in [0.05, 0.1) is 17.7 Å². The summed E-state index contributed by atoms with van der Waals surface area (Å²) in [5.41, 5.74) is 0.683. The SMILES string of the molecule is COC(=O)c1c(C)ccc(F)c1Cl. The van der Waals surface area contributed by atoms with Crippen molar-refractivity contribution in [2.45, 2.75) is 6.92 Å². The highest BCUT2D eigenvalue weighted by atomic mass is 35.5. The molecule has 0 fully saturated rings. The van der Waals surface area contributed by atoms with E-state index in [0.29, 0.717) is 5.56 Å². The van der Waals surface area contributed by atoms with Crippen LogP contribution < -0.4 is 0 Å². The fourth-order valence-corrected chi connectivity index (χ4v) is 1.29. The van der Waals surface area contributed by atoms with Crippen molar-refractivity contribution in [3.8, 4) is 0 Å². The van der Waals surface area contributed by atoms with Crippen molar-refractivity contribution in [3.63, 3.8) is 0 Å². The van der Waals surface area contributed by atoms with Crippen LogP contribution in [-0.4, -0.2) is 13.1 Å². The molecule has 1 aromatic rings. The number of carbonyl (C=O) groups excluding carboxylic acids is 1. The average Bonchev–Trinajstić information content (AvgIpc) is 2.12. The van der Waals surface area contributed by atoms with E-state index in [1.807, 2.05) is 0 Å². The summed E-state index contributed by atoms with van der Waals surface area (Å²) in [5.74, 6) is -1.24. The Labute approximate surface area is 80.3 Å². The third kappa shape index (κ3) is 1.80. The summed E-state index contributed by atoms with van der Waals surface area (Å²) in [6, 6.07) is 2.69. The Morgan fingerprint density at radius 1 is 1.54 bits per heavy atom. The maximum atomic E-state index is 12.9. The summed E-state index contributed by atoms with van der Waals surface area (Å²) in [4.78, 5) is 11.1. The molecule has 0 aromatic heterocycles. The topological polar surface area (TPSA) is 26.3 Å². The van der Waals surface area contributed by atoms with Crippen LogP contribution in [0.4, 0.5) is 4.39 Å². The molecule has 1 aromatic carbocycles. The van der Waals surface area contributed by atoms with E-state index >= 15 is 0 Å². The molecule has 0 atom stereocenters. The molecule has 0 aliphatic rings. The Morgan fingerprint density at radius 2 is 2.15 bits per heavy atom. The second kappa shape index (κ2) is 3.75. The quantitative estimate of drug-likeness (QED) is 0.655. The van der Waals surface area contributed by atoms with Gasteiger partial charge < -0.3 is 4.74 Å². The van der Waals surface area contributed by atoms with Gasteiger partial charge in [-0.3, -0.25) is 0 Å². The lowest BCUT2D eigenvalue weighted by Gasteiger charge is -2.05. The summed E-state index contributed by atoms with van der Waals surface area (Å²) in [7, 11) is 1.23. The normalized spacial score (nSPS) is 9.85. The molecule has 0 radical (unpaired) electrons. The molecular formula is C9H8ClFO2. The van der Waals surface area contributed by atoms with Crippen LogP contribution in [0.5, 0.6) is 0 Å². The maximum absolute atomic E-state index is 12.9. The van der Waals surface area contributed by atoms with Gasteiger partial charge in [-0.1, -0.05) is 17.7 Å². The molecule has 0 spiro atoms. The van der Waals surface area contributed by atoms with Crippen molar-refractivity contribution >= 4 is 17.6 Å². The minimum Gasteiger partial charge on any atom is -0.465 e. The highest BCUT2D eigenvalue weighted by Crippen LogP contribution is 2.23. The lowest BCUT2D eigenvalue weighted by atomic mass is 10.1. The fraction of sp³-hybridized carbons (Fsp3) is 0.222. The van der Waals surface area contributed by atoms with E-state index in [1.54, 1.807) is 6.92 Å². The molecule has 0 saturated heterocycles. The van der Waals surface area contributed by atoms with Crippen LogP contribution >= 0.6 is 11.6 Å². The summed E-state index contributed by atoms with van der Waals surface area (Å²) in [6.45, 7) is 1.66. The van der Waals surface area contributed by atoms with Gasteiger partial charge in [-0.2, -0.15) is 0 Å². The number of carbonyl (C=O) groups is 1. The number of hydrogen-bond donors (Lipinski definition) is 0. The molecule has 1 rings (SSSR count). The number of aryl methyl sites for hydroxylation is 1. The van der Waals surface area contributed by atoms with E-state index in [2.05, 4.69) is 4.74 Å². The zero-order valence-electron chi connectivity index (χ0n) is 7.23. The highest BCUT2D eigenvalue weighted by Gasteiger charge is 2.16. The first-order valence-electron chi connectivity index (χ1n) is 3.61. The number of halogens is 2. The monoisotopic (exact) mass is 202 g/mol. The van der Waals surface area contributed by atoms with E-state index in [0.717, 1.165) is 0 Å². The van der Waals surface area contributed by atoms with Gasteiger partial charge in [-0.05, 0) is 18.6 Å². The fourth-order valence-electron chi connectivity index (χ4n) is 1.000. The molecule has 0 saturated carbocycles. The first-order valence-corrected chi connectivity index (χ1v) is 3.98. The van der Waals surface area contributed by atoms with Gasteiger partial charge in [-0.25, -0.2) is 9.18 Å². The summed E-state index contributed by atoms with van der Waals surface area (Å²) < 4.78 is 17.4. The zero-order valence-corrected chi connectivity index (χ0v) is 7.98. The number of rotatable bonds is 1. The highest BCUT2D eigenvalue weighted by molar-refractivity contribution is 6.33. The molecule has 0 unspecified atom stereocenters. The molecule has 0 aliphatic carbocycles. The lowest BCUT2D eigenvalue weighted by Crippen LogP contribution is -2.05. The second-order valence-electron chi connectivity index (χ2n) is 2.54. The van der Waals surface area contributed by atoms with Crippen molar-refractivity contribution in [3.05, 3.63) is 34.1 Å². The molecule has 0 N–H and O–H groups in total. The number of benzene rings is 1. The van der Waals surface area contributed by atoms with Gasteiger partial charge in [0.15, 0.2) is 0 Å². The Balaban J connectivity index is 3.33. The van der Waals surface area contributed by atoms with Gasteiger partial charge in [0.1, 0.15) is 5.82 Å². The molecule has 2 nitrogen and oxygen atoms in total. The summed E-state index contributed by atoms with van der Waals surface area (Å²) in [5, 5.41) is -0.188. The molecule has 0 bridgehead atoms. The van der Waals surface area contributed by atoms with Gasteiger partial charge in [0.2, 0.25) is 0 Å². The largest absolute Gasteiger partial charge is 0.465 e. The van der Waals surface area contributed by atoms with E-state index in [9.17, 15) is 9.18 Å². The number of methoxy groups -OCH3 is 1. The Morgan fingerprint density at radius 3 is 2.69 bits per heavy atom. The van der Waals surface area contributed by atoms with Crippen LogP contribution in [0.15, 0.2) is 12.1 Å². The Kier molecular flexibility index (Phi) is 2.88. The third-order valence-corrected chi connectivity index (χ3v) is 2.06. The number of esters is 1. The molecule has 4 heteroatoms. The predicted molar refractivity (Wildman–Crippen MR) is 47.5 cm³/mol. The molecular weight excluding hydrogens is 195 g/mol. The van der Waals surface area contributed by atoms with Crippen LogP contribution in [0, 0.1) is 12.7 Å². The Bertz CT molecular complexity index is 350. The standard InChI is InChI=1S/C9H8ClFO2/c1-5-3-4-6(11)8(10)7(5)9(12)13-2/h3-4H,1-2H3. The van der Waals surface area contributed by atoms with E-state index < -0.39 is 11.8 Å². The van der Waals surface area contributed by atoms with Gasteiger partial charge in [-0.15, -0.1) is 0 Å². The van der Waals surface area contributed by atoms with E-state index in [1.165, 1.54) is 19.2 Å². The third-order valence-electron chi connectivity index (χ3n) is 1.69. The van der Waals surface area contributed by atoms with Crippen molar-refractivity contribution in [1.29, 1.82) is 0 Å². The molecule has 0 aliphatic heterocycles. The number of ether oxygens (including phenoxy) is 1. The Hall–Kier alpha value is -1.09. The zero-order chi connectivity index (χ0) is 10.0. The molecule has 70 valence electrons. The van der Waals surface area contributed by atoms with E-state index in [4.69, 9.17) is 11.6 Å². The molecule has 13 heavy (non-hydrogen) atoms.